The first kappa shape index (κ1) is 15.3. The number of methoxy groups -OCH3 is 1. The zero-order valence-electron chi connectivity index (χ0n) is 11.7. The number of hydrogen-bond acceptors (Lipinski definition) is 6. The van der Waals surface area contributed by atoms with Crippen LogP contribution in [0.5, 0.6) is 0 Å². The summed E-state index contributed by atoms with van der Waals surface area (Å²) < 4.78 is 17.7. The predicted molar refractivity (Wildman–Crippen MR) is 77.4 cm³/mol. The van der Waals surface area contributed by atoms with Gasteiger partial charge in [0.05, 0.1) is 10.8 Å². The second-order valence-electron chi connectivity index (χ2n) is 4.45. The maximum absolute atomic E-state index is 12.2. The molecule has 1 aromatic rings. The highest BCUT2D eigenvalue weighted by molar-refractivity contribution is 7.87. The van der Waals surface area contributed by atoms with Crippen molar-refractivity contribution in [1.82, 2.24) is 15.1 Å². The lowest BCUT2D eigenvalue weighted by Gasteiger charge is -2.37. The maximum atomic E-state index is 12.2. The van der Waals surface area contributed by atoms with Crippen LogP contribution in [0.3, 0.4) is 0 Å². The second kappa shape index (κ2) is 6.59. The van der Waals surface area contributed by atoms with Gasteiger partial charge in [0.1, 0.15) is 6.23 Å². The van der Waals surface area contributed by atoms with E-state index in [1.54, 1.807) is 19.1 Å². The first-order valence-corrected chi connectivity index (χ1v) is 8.51. The van der Waals surface area contributed by atoms with Crippen molar-refractivity contribution in [3.8, 4) is 0 Å². The number of anilines is 1. The molecule has 2 atom stereocenters. The van der Waals surface area contributed by atoms with Gasteiger partial charge < -0.3 is 9.64 Å². The minimum absolute atomic E-state index is 0.174. The van der Waals surface area contributed by atoms with Crippen molar-refractivity contribution in [3.63, 3.8) is 0 Å². The number of amides is 2. The van der Waals surface area contributed by atoms with E-state index in [1.165, 1.54) is 16.2 Å². The van der Waals surface area contributed by atoms with Crippen LogP contribution in [-0.2, 0) is 15.5 Å². The fraction of sp³-hybridized carbons (Fsp3) is 0.727. The van der Waals surface area contributed by atoms with Crippen LogP contribution >= 0.6 is 11.3 Å². The predicted octanol–water partition coefficient (Wildman–Crippen LogP) is 1.29. The van der Waals surface area contributed by atoms with Gasteiger partial charge in [-0.15, -0.1) is 10.2 Å². The standard InChI is InChI=1S/C11H18N4O3S2/c1-4-7-20(17)10-13-12-9(19-10)15-8(18-3)5-6-14(2)11(15)16/h8H,4-7H2,1-3H3. The van der Waals surface area contributed by atoms with Crippen molar-refractivity contribution in [3.05, 3.63) is 0 Å². The summed E-state index contributed by atoms with van der Waals surface area (Å²) in [5.41, 5.74) is 0. The Hall–Kier alpha value is -1.06. The van der Waals surface area contributed by atoms with Gasteiger partial charge in [-0.2, -0.15) is 0 Å². The monoisotopic (exact) mass is 318 g/mol. The van der Waals surface area contributed by atoms with Gasteiger partial charge in [0.15, 0.2) is 0 Å². The number of carbonyl (C=O) groups is 1. The third-order valence-electron chi connectivity index (χ3n) is 2.99. The van der Waals surface area contributed by atoms with Crippen LogP contribution in [0, 0.1) is 0 Å². The molecule has 112 valence electrons. The summed E-state index contributed by atoms with van der Waals surface area (Å²) in [5.74, 6) is 0.552. The quantitative estimate of drug-likeness (QED) is 0.765. The summed E-state index contributed by atoms with van der Waals surface area (Å²) in [5, 5.41) is 8.38. The molecule has 0 aromatic carbocycles. The highest BCUT2D eigenvalue weighted by Gasteiger charge is 2.35. The topological polar surface area (TPSA) is 75.6 Å². The maximum Gasteiger partial charge on any atom is 0.328 e. The van der Waals surface area contributed by atoms with Crippen LogP contribution in [0.15, 0.2) is 4.34 Å². The van der Waals surface area contributed by atoms with E-state index < -0.39 is 10.8 Å². The molecule has 0 spiro atoms. The van der Waals surface area contributed by atoms with Gasteiger partial charge in [0.2, 0.25) is 9.47 Å². The average Bonchev–Trinajstić information content (AvgIpc) is 2.91. The molecular weight excluding hydrogens is 300 g/mol. The second-order valence-corrected chi connectivity index (χ2v) is 7.15. The Bertz CT molecular complexity index is 508. The Morgan fingerprint density at radius 3 is 2.90 bits per heavy atom. The average molecular weight is 318 g/mol. The number of urea groups is 1. The van der Waals surface area contributed by atoms with Crippen LogP contribution in [0.1, 0.15) is 19.8 Å². The summed E-state index contributed by atoms with van der Waals surface area (Å²) in [7, 11) is 2.15. The Kier molecular flexibility index (Phi) is 5.06. The Labute approximate surface area is 124 Å². The van der Waals surface area contributed by atoms with Crippen molar-refractivity contribution in [1.29, 1.82) is 0 Å². The molecule has 2 unspecified atom stereocenters. The molecule has 0 bridgehead atoms. The zero-order valence-corrected chi connectivity index (χ0v) is 13.4. The summed E-state index contributed by atoms with van der Waals surface area (Å²) in [6.07, 6.45) is 1.17. The van der Waals surface area contributed by atoms with Crippen molar-refractivity contribution in [2.75, 3.05) is 31.4 Å². The molecule has 2 amide bonds. The van der Waals surface area contributed by atoms with Crippen molar-refractivity contribution in [2.45, 2.75) is 30.3 Å². The molecule has 2 rings (SSSR count). The van der Waals surface area contributed by atoms with Crippen LogP contribution < -0.4 is 4.90 Å². The number of hydrogen-bond donors (Lipinski definition) is 0. The molecule has 0 saturated carbocycles. The van der Waals surface area contributed by atoms with Crippen LogP contribution in [0.4, 0.5) is 9.93 Å². The van der Waals surface area contributed by atoms with Crippen molar-refractivity contribution >= 4 is 33.3 Å². The van der Waals surface area contributed by atoms with Crippen LogP contribution in [0.25, 0.3) is 0 Å². The third-order valence-corrected chi connectivity index (χ3v) is 5.77. The van der Waals surface area contributed by atoms with Gasteiger partial charge in [0, 0.05) is 32.9 Å². The fourth-order valence-corrected chi connectivity index (χ4v) is 4.06. The summed E-state index contributed by atoms with van der Waals surface area (Å²) in [6, 6.07) is -0.174. The summed E-state index contributed by atoms with van der Waals surface area (Å²) in [6.45, 7) is 2.60. The molecule has 0 aliphatic carbocycles. The number of nitrogens with zero attached hydrogens (tertiary/aromatic N) is 4. The van der Waals surface area contributed by atoms with Crippen molar-refractivity contribution in [2.24, 2.45) is 0 Å². The first-order valence-electron chi connectivity index (χ1n) is 6.37. The Morgan fingerprint density at radius 2 is 2.25 bits per heavy atom. The molecule has 2 heterocycles. The Morgan fingerprint density at radius 1 is 1.50 bits per heavy atom. The number of rotatable bonds is 5. The van der Waals surface area contributed by atoms with E-state index in [0.717, 1.165) is 6.42 Å². The SMILES string of the molecule is CCCS(=O)c1nnc(N2C(=O)N(C)CCC2OC)s1. The lowest BCUT2D eigenvalue weighted by molar-refractivity contribution is 0.0700. The van der Waals surface area contributed by atoms with Gasteiger partial charge in [0.25, 0.3) is 0 Å². The molecular formula is C11H18N4O3S2. The molecule has 1 aromatic heterocycles. The van der Waals surface area contributed by atoms with E-state index in [4.69, 9.17) is 4.74 Å². The molecule has 0 radical (unpaired) electrons. The normalized spacial score (nSPS) is 21.4. The van der Waals surface area contributed by atoms with Gasteiger partial charge in [-0.1, -0.05) is 18.3 Å². The molecule has 1 fully saturated rings. The highest BCUT2D eigenvalue weighted by Crippen LogP contribution is 2.29. The zero-order chi connectivity index (χ0) is 14.7. The van der Waals surface area contributed by atoms with E-state index in [0.29, 0.717) is 28.2 Å². The molecule has 1 saturated heterocycles. The van der Waals surface area contributed by atoms with E-state index in [-0.39, 0.29) is 12.3 Å². The molecule has 1 aliphatic heterocycles. The number of aromatic nitrogens is 2. The molecule has 0 N–H and O–H groups in total. The molecule has 9 heteroatoms. The number of carbonyl (C=O) groups excluding carboxylic acids is 1. The lowest BCUT2D eigenvalue weighted by Crippen LogP contribution is -2.54. The van der Waals surface area contributed by atoms with Gasteiger partial charge >= 0.3 is 6.03 Å². The third kappa shape index (κ3) is 2.99. The van der Waals surface area contributed by atoms with Gasteiger partial charge in [-0.25, -0.2) is 9.69 Å². The van der Waals surface area contributed by atoms with E-state index in [2.05, 4.69) is 10.2 Å². The number of ether oxygens (including phenoxy) is 1. The largest absolute Gasteiger partial charge is 0.361 e. The molecule has 7 nitrogen and oxygen atoms in total. The van der Waals surface area contributed by atoms with Gasteiger partial charge in [-0.05, 0) is 6.42 Å². The molecule has 1 aliphatic rings. The first-order chi connectivity index (χ1) is 9.58. The minimum atomic E-state index is -1.15. The Balaban J connectivity index is 2.24. The lowest BCUT2D eigenvalue weighted by atomic mass is 10.3. The van der Waals surface area contributed by atoms with E-state index >= 15 is 0 Å². The van der Waals surface area contributed by atoms with E-state index in [1.807, 2.05) is 6.92 Å². The van der Waals surface area contributed by atoms with Gasteiger partial charge in [-0.3, -0.25) is 4.21 Å². The minimum Gasteiger partial charge on any atom is -0.361 e. The van der Waals surface area contributed by atoms with E-state index in [9.17, 15) is 9.00 Å². The van der Waals surface area contributed by atoms with Crippen LogP contribution in [0.2, 0.25) is 0 Å². The summed E-state index contributed by atoms with van der Waals surface area (Å²) in [4.78, 5) is 15.3. The summed E-state index contributed by atoms with van der Waals surface area (Å²) >= 11 is 1.19. The van der Waals surface area contributed by atoms with Crippen molar-refractivity contribution < 1.29 is 13.7 Å². The molecule has 20 heavy (non-hydrogen) atoms. The van der Waals surface area contributed by atoms with Crippen LogP contribution in [-0.4, -0.2) is 58.0 Å². The smallest absolute Gasteiger partial charge is 0.328 e. The fourth-order valence-electron chi connectivity index (χ4n) is 1.93. The highest BCUT2D eigenvalue weighted by atomic mass is 32.2.